The Labute approximate surface area is 165 Å². The lowest BCUT2D eigenvalue weighted by atomic mass is 10.0. The average Bonchev–Trinajstić information content (AvgIpc) is 2.68. The van der Waals surface area contributed by atoms with E-state index in [1.54, 1.807) is 18.2 Å². The summed E-state index contributed by atoms with van der Waals surface area (Å²) < 4.78 is 28.5. The van der Waals surface area contributed by atoms with Crippen molar-refractivity contribution in [3.63, 3.8) is 0 Å². The molecular formula is C20H24N4O3S. The van der Waals surface area contributed by atoms with Crippen molar-refractivity contribution in [3.8, 4) is 0 Å². The SMILES string of the molecule is Cc1cccc(N2CCC(NS(=O)(=O)c3ccc4c(c3)CCC(=O)N4)CC2)n1. The highest BCUT2D eigenvalue weighted by atomic mass is 32.2. The van der Waals surface area contributed by atoms with E-state index in [0.717, 1.165) is 43.0 Å². The van der Waals surface area contributed by atoms with Crippen LogP contribution in [0.2, 0.25) is 0 Å². The van der Waals surface area contributed by atoms with Crippen LogP contribution in [0.5, 0.6) is 0 Å². The van der Waals surface area contributed by atoms with E-state index < -0.39 is 10.0 Å². The van der Waals surface area contributed by atoms with Crippen molar-refractivity contribution in [1.29, 1.82) is 0 Å². The second-order valence-electron chi connectivity index (χ2n) is 7.39. The van der Waals surface area contributed by atoms with Crippen LogP contribution in [-0.2, 0) is 21.2 Å². The smallest absolute Gasteiger partial charge is 0.240 e. The Balaban J connectivity index is 1.41. The molecule has 2 N–H and O–H groups in total. The van der Waals surface area contributed by atoms with Crippen molar-refractivity contribution in [2.75, 3.05) is 23.3 Å². The molecule has 28 heavy (non-hydrogen) atoms. The van der Waals surface area contributed by atoms with Crippen LogP contribution in [0, 0.1) is 6.92 Å². The Hall–Kier alpha value is -2.45. The molecular weight excluding hydrogens is 376 g/mol. The Morgan fingerprint density at radius 3 is 2.68 bits per heavy atom. The number of rotatable bonds is 4. The summed E-state index contributed by atoms with van der Waals surface area (Å²) in [5.41, 5.74) is 2.54. The normalized spacial score (nSPS) is 17.9. The number of aromatic nitrogens is 1. The number of carbonyl (C=O) groups excluding carboxylic acids is 1. The summed E-state index contributed by atoms with van der Waals surface area (Å²) in [7, 11) is -3.59. The van der Waals surface area contributed by atoms with E-state index in [0.29, 0.717) is 18.5 Å². The molecule has 4 rings (SSSR count). The maximum Gasteiger partial charge on any atom is 0.240 e. The molecule has 1 saturated heterocycles. The first-order valence-corrected chi connectivity index (χ1v) is 11.0. The van der Waals surface area contributed by atoms with Gasteiger partial charge in [-0.2, -0.15) is 0 Å². The minimum atomic E-state index is -3.59. The van der Waals surface area contributed by atoms with Crippen molar-refractivity contribution in [2.24, 2.45) is 0 Å². The zero-order valence-electron chi connectivity index (χ0n) is 15.8. The van der Waals surface area contributed by atoms with Gasteiger partial charge in [-0.25, -0.2) is 18.1 Å². The van der Waals surface area contributed by atoms with Crippen LogP contribution in [0.1, 0.15) is 30.5 Å². The van der Waals surface area contributed by atoms with E-state index >= 15 is 0 Å². The summed E-state index contributed by atoms with van der Waals surface area (Å²) in [5.74, 6) is 0.911. The largest absolute Gasteiger partial charge is 0.356 e. The highest BCUT2D eigenvalue weighted by Crippen LogP contribution is 2.26. The van der Waals surface area contributed by atoms with Gasteiger partial charge in [-0.3, -0.25) is 4.79 Å². The number of benzene rings is 1. The van der Waals surface area contributed by atoms with Crippen molar-refractivity contribution in [3.05, 3.63) is 47.7 Å². The lowest BCUT2D eigenvalue weighted by Crippen LogP contribution is -2.44. The third-order valence-electron chi connectivity index (χ3n) is 5.30. The number of piperidine rings is 1. The molecule has 3 heterocycles. The van der Waals surface area contributed by atoms with Gasteiger partial charge in [0.25, 0.3) is 0 Å². The van der Waals surface area contributed by atoms with Gasteiger partial charge in [0.05, 0.1) is 4.90 Å². The predicted octanol–water partition coefficient (Wildman–Crippen LogP) is 2.22. The van der Waals surface area contributed by atoms with Crippen LogP contribution in [0.15, 0.2) is 41.3 Å². The fourth-order valence-electron chi connectivity index (χ4n) is 3.75. The van der Waals surface area contributed by atoms with E-state index in [9.17, 15) is 13.2 Å². The fraction of sp³-hybridized carbons (Fsp3) is 0.400. The number of pyridine rings is 1. The first-order chi connectivity index (χ1) is 13.4. The van der Waals surface area contributed by atoms with Crippen LogP contribution in [0.3, 0.4) is 0 Å². The predicted molar refractivity (Wildman–Crippen MR) is 108 cm³/mol. The molecule has 0 saturated carbocycles. The van der Waals surface area contributed by atoms with Crippen molar-refractivity contribution in [2.45, 2.75) is 43.5 Å². The Morgan fingerprint density at radius 2 is 1.93 bits per heavy atom. The maximum atomic E-state index is 12.8. The monoisotopic (exact) mass is 400 g/mol. The van der Waals surface area contributed by atoms with Gasteiger partial charge in [-0.05, 0) is 62.1 Å². The molecule has 7 nitrogen and oxygen atoms in total. The molecule has 2 aromatic rings. The number of carbonyl (C=O) groups is 1. The van der Waals surface area contributed by atoms with Crippen LogP contribution >= 0.6 is 0 Å². The number of anilines is 2. The van der Waals surface area contributed by atoms with Crippen LogP contribution < -0.4 is 14.9 Å². The molecule has 0 spiro atoms. The van der Waals surface area contributed by atoms with Gasteiger partial charge >= 0.3 is 0 Å². The number of fused-ring (bicyclic) bond motifs is 1. The van der Waals surface area contributed by atoms with E-state index in [4.69, 9.17) is 0 Å². The Bertz CT molecular complexity index is 998. The summed E-state index contributed by atoms with van der Waals surface area (Å²) in [6, 6.07) is 10.7. The minimum Gasteiger partial charge on any atom is -0.356 e. The number of amides is 1. The fourth-order valence-corrected chi connectivity index (χ4v) is 5.10. The topological polar surface area (TPSA) is 91.4 Å². The van der Waals surface area contributed by atoms with Crippen molar-refractivity contribution < 1.29 is 13.2 Å². The lowest BCUT2D eigenvalue weighted by molar-refractivity contribution is -0.116. The molecule has 8 heteroatoms. The molecule has 1 aromatic carbocycles. The molecule has 148 valence electrons. The molecule has 1 aromatic heterocycles. The second kappa shape index (κ2) is 7.52. The van der Waals surface area contributed by atoms with Crippen LogP contribution in [0.25, 0.3) is 0 Å². The molecule has 0 bridgehead atoms. The van der Waals surface area contributed by atoms with Gasteiger partial charge < -0.3 is 10.2 Å². The summed E-state index contributed by atoms with van der Waals surface area (Å²) in [4.78, 5) is 18.5. The number of hydrogen-bond donors (Lipinski definition) is 2. The van der Waals surface area contributed by atoms with E-state index in [1.807, 2.05) is 25.1 Å². The maximum absolute atomic E-state index is 12.8. The van der Waals surface area contributed by atoms with E-state index in [2.05, 4.69) is 19.9 Å². The summed E-state index contributed by atoms with van der Waals surface area (Å²) in [5, 5.41) is 2.78. The number of sulfonamides is 1. The molecule has 2 aliphatic rings. The number of nitrogens with zero attached hydrogens (tertiary/aromatic N) is 2. The van der Waals surface area contributed by atoms with Gasteiger partial charge in [0.1, 0.15) is 5.82 Å². The molecule has 0 atom stereocenters. The summed E-state index contributed by atoms with van der Waals surface area (Å²) in [6.07, 6.45) is 2.41. The van der Waals surface area contributed by atoms with Gasteiger partial charge in [0.2, 0.25) is 15.9 Å². The van der Waals surface area contributed by atoms with E-state index in [-0.39, 0.29) is 16.8 Å². The van der Waals surface area contributed by atoms with Gasteiger partial charge in [0, 0.05) is 36.9 Å². The average molecular weight is 401 g/mol. The molecule has 0 radical (unpaired) electrons. The molecule has 1 amide bonds. The van der Waals surface area contributed by atoms with Crippen molar-refractivity contribution >= 4 is 27.4 Å². The quantitative estimate of drug-likeness (QED) is 0.821. The molecule has 0 aliphatic carbocycles. The standard InChI is InChI=1S/C20H24N4O3S/c1-14-3-2-4-19(21-14)24-11-9-16(10-12-24)23-28(26,27)17-6-7-18-15(13-17)5-8-20(25)22-18/h2-4,6-7,13,16,23H,5,8-12H2,1H3,(H,22,25). The zero-order chi connectivity index (χ0) is 19.7. The number of nitrogens with one attached hydrogen (secondary N) is 2. The Kier molecular flexibility index (Phi) is 5.07. The van der Waals surface area contributed by atoms with E-state index in [1.165, 1.54) is 0 Å². The van der Waals surface area contributed by atoms with Gasteiger partial charge in [-0.15, -0.1) is 0 Å². The van der Waals surface area contributed by atoms with Crippen LogP contribution in [0.4, 0.5) is 11.5 Å². The number of hydrogen-bond acceptors (Lipinski definition) is 5. The molecule has 2 aliphatic heterocycles. The minimum absolute atomic E-state index is 0.0314. The zero-order valence-corrected chi connectivity index (χ0v) is 16.6. The highest BCUT2D eigenvalue weighted by Gasteiger charge is 2.26. The van der Waals surface area contributed by atoms with Gasteiger partial charge in [-0.1, -0.05) is 6.07 Å². The summed E-state index contributed by atoms with van der Waals surface area (Å²) >= 11 is 0. The molecule has 0 unspecified atom stereocenters. The second-order valence-corrected chi connectivity index (χ2v) is 9.10. The third-order valence-corrected chi connectivity index (χ3v) is 6.82. The summed E-state index contributed by atoms with van der Waals surface area (Å²) in [6.45, 7) is 3.49. The molecule has 1 fully saturated rings. The lowest BCUT2D eigenvalue weighted by Gasteiger charge is -2.33. The van der Waals surface area contributed by atoms with Gasteiger partial charge in [0.15, 0.2) is 0 Å². The number of aryl methyl sites for hydroxylation is 2. The van der Waals surface area contributed by atoms with Crippen LogP contribution in [-0.4, -0.2) is 38.4 Å². The van der Waals surface area contributed by atoms with Crippen molar-refractivity contribution in [1.82, 2.24) is 9.71 Å². The first kappa shape index (κ1) is 18.9. The Morgan fingerprint density at radius 1 is 1.14 bits per heavy atom. The third kappa shape index (κ3) is 4.02. The first-order valence-electron chi connectivity index (χ1n) is 9.54. The highest BCUT2D eigenvalue weighted by molar-refractivity contribution is 7.89.